The second kappa shape index (κ2) is 7.23. The molecule has 1 amide bonds. The van der Waals surface area contributed by atoms with Crippen LogP contribution in [-0.4, -0.2) is 58.0 Å². The van der Waals surface area contributed by atoms with Gasteiger partial charge >= 0.3 is 0 Å². The molecule has 0 aromatic carbocycles. The quantitative estimate of drug-likeness (QED) is 0.887. The van der Waals surface area contributed by atoms with Crippen molar-refractivity contribution in [2.24, 2.45) is 7.05 Å². The molecule has 24 heavy (non-hydrogen) atoms. The minimum absolute atomic E-state index is 0.0524. The Balaban J connectivity index is 1.92. The lowest BCUT2D eigenvalue weighted by Crippen LogP contribution is -2.58. The number of hydrogen-bond donors (Lipinski definition) is 1. The number of aromatic nitrogens is 2. The largest absolute Gasteiger partial charge is 0.373 e. The van der Waals surface area contributed by atoms with E-state index in [-0.39, 0.29) is 23.7 Å². The standard InChI is InChI=1S/C18H32N4O2/c1-12-9-22(10-13(2)24-12)18(5,6)11-19-17(23)8-16-14(3)20-21(7)15(16)4/h12-13H,8-11H2,1-7H3,(H,19,23)/t12-,13-/m0/s1. The van der Waals surface area contributed by atoms with Crippen LogP contribution in [0.25, 0.3) is 0 Å². The van der Waals surface area contributed by atoms with Crippen molar-refractivity contribution >= 4 is 5.91 Å². The first kappa shape index (κ1) is 18.9. The number of nitrogens with zero attached hydrogens (tertiary/aromatic N) is 3. The number of amides is 1. The summed E-state index contributed by atoms with van der Waals surface area (Å²) in [5, 5.41) is 7.48. The van der Waals surface area contributed by atoms with Gasteiger partial charge in [-0.1, -0.05) is 0 Å². The van der Waals surface area contributed by atoms with Crippen molar-refractivity contribution in [3.05, 3.63) is 17.0 Å². The fourth-order valence-electron chi connectivity index (χ4n) is 3.40. The van der Waals surface area contributed by atoms with E-state index in [1.165, 1.54) is 0 Å². The first-order valence-electron chi connectivity index (χ1n) is 8.76. The van der Waals surface area contributed by atoms with E-state index in [1.807, 2.05) is 25.6 Å². The molecule has 1 fully saturated rings. The second-order valence-electron chi connectivity index (χ2n) is 7.70. The van der Waals surface area contributed by atoms with Gasteiger partial charge in [-0.3, -0.25) is 14.4 Å². The van der Waals surface area contributed by atoms with Gasteiger partial charge in [0.25, 0.3) is 0 Å². The van der Waals surface area contributed by atoms with Crippen LogP contribution in [0, 0.1) is 13.8 Å². The topological polar surface area (TPSA) is 59.4 Å². The monoisotopic (exact) mass is 336 g/mol. The molecule has 0 spiro atoms. The number of carbonyl (C=O) groups is 1. The van der Waals surface area contributed by atoms with Crippen molar-refractivity contribution < 1.29 is 9.53 Å². The predicted octanol–water partition coefficient (Wildman–Crippen LogP) is 1.58. The summed E-state index contributed by atoms with van der Waals surface area (Å²) in [6.07, 6.45) is 0.839. The van der Waals surface area contributed by atoms with Gasteiger partial charge in [0.15, 0.2) is 0 Å². The Labute approximate surface area is 145 Å². The summed E-state index contributed by atoms with van der Waals surface area (Å²) in [6, 6.07) is 0. The number of hydrogen-bond acceptors (Lipinski definition) is 4. The Bertz CT molecular complexity index is 584. The van der Waals surface area contributed by atoms with Gasteiger partial charge in [-0.2, -0.15) is 5.10 Å². The lowest BCUT2D eigenvalue weighted by Gasteiger charge is -2.45. The molecule has 1 N–H and O–H groups in total. The molecule has 2 heterocycles. The number of aryl methyl sites for hydroxylation is 2. The summed E-state index contributed by atoms with van der Waals surface area (Å²) in [4.78, 5) is 14.8. The first-order valence-corrected chi connectivity index (χ1v) is 8.76. The summed E-state index contributed by atoms with van der Waals surface area (Å²) >= 11 is 0. The molecule has 0 unspecified atom stereocenters. The van der Waals surface area contributed by atoms with Gasteiger partial charge in [0.2, 0.25) is 5.91 Å². The predicted molar refractivity (Wildman–Crippen MR) is 95.1 cm³/mol. The Morgan fingerprint density at radius 1 is 1.29 bits per heavy atom. The Morgan fingerprint density at radius 3 is 2.38 bits per heavy atom. The zero-order valence-corrected chi connectivity index (χ0v) is 16.1. The SMILES string of the molecule is Cc1nn(C)c(C)c1CC(=O)NCC(C)(C)N1C[C@H](C)O[C@@H](C)C1. The normalized spacial score (nSPS) is 22.6. The molecule has 1 saturated heterocycles. The van der Waals surface area contributed by atoms with Crippen LogP contribution in [0.2, 0.25) is 0 Å². The average molecular weight is 336 g/mol. The van der Waals surface area contributed by atoms with E-state index in [9.17, 15) is 4.79 Å². The summed E-state index contributed by atoms with van der Waals surface area (Å²) in [5.74, 6) is 0.0524. The van der Waals surface area contributed by atoms with Gasteiger partial charge in [-0.25, -0.2) is 0 Å². The van der Waals surface area contributed by atoms with Crippen LogP contribution in [0.4, 0.5) is 0 Å². The van der Waals surface area contributed by atoms with E-state index in [2.05, 4.69) is 43.0 Å². The number of nitrogens with one attached hydrogen (secondary N) is 1. The van der Waals surface area contributed by atoms with E-state index in [1.54, 1.807) is 0 Å². The minimum atomic E-state index is -0.0962. The van der Waals surface area contributed by atoms with Crippen molar-refractivity contribution in [1.29, 1.82) is 0 Å². The van der Waals surface area contributed by atoms with Gasteiger partial charge in [0.1, 0.15) is 0 Å². The molecule has 1 aliphatic heterocycles. The highest BCUT2D eigenvalue weighted by atomic mass is 16.5. The fraction of sp³-hybridized carbons (Fsp3) is 0.778. The highest BCUT2D eigenvalue weighted by Gasteiger charge is 2.33. The fourth-order valence-corrected chi connectivity index (χ4v) is 3.40. The van der Waals surface area contributed by atoms with Crippen LogP contribution in [-0.2, 0) is 23.0 Å². The van der Waals surface area contributed by atoms with Crippen molar-refractivity contribution in [1.82, 2.24) is 20.0 Å². The number of carbonyl (C=O) groups excluding carboxylic acids is 1. The lowest BCUT2D eigenvalue weighted by molar-refractivity contribution is -0.122. The van der Waals surface area contributed by atoms with Crippen LogP contribution >= 0.6 is 0 Å². The molecule has 0 aliphatic carbocycles. The third-order valence-corrected chi connectivity index (χ3v) is 4.99. The maximum atomic E-state index is 12.4. The van der Waals surface area contributed by atoms with Crippen molar-refractivity contribution in [3.63, 3.8) is 0 Å². The molecular formula is C18H32N4O2. The maximum Gasteiger partial charge on any atom is 0.224 e. The third kappa shape index (κ3) is 4.36. The molecule has 6 heteroatoms. The van der Waals surface area contributed by atoms with Crippen LogP contribution in [0.15, 0.2) is 0 Å². The summed E-state index contributed by atoms with van der Waals surface area (Å²) in [7, 11) is 1.91. The second-order valence-corrected chi connectivity index (χ2v) is 7.70. The highest BCUT2D eigenvalue weighted by molar-refractivity contribution is 5.79. The molecule has 6 nitrogen and oxygen atoms in total. The van der Waals surface area contributed by atoms with Gasteiger partial charge < -0.3 is 10.1 Å². The van der Waals surface area contributed by atoms with E-state index in [0.717, 1.165) is 30.0 Å². The minimum Gasteiger partial charge on any atom is -0.373 e. The molecule has 0 bridgehead atoms. The van der Waals surface area contributed by atoms with Gasteiger partial charge in [0, 0.05) is 43.5 Å². The van der Waals surface area contributed by atoms with Gasteiger partial charge in [-0.05, 0) is 41.5 Å². The van der Waals surface area contributed by atoms with Crippen LogP contribution < -0.4 is 5.32 Å². The lowest BCUT2D eigenvalue weighted by atomic mass is 9.99. The van der Waals surface area contributed by atoms with E-state index in [4.69, 9.17) is 4.74 Å². The molecule has 1 aliphatic rings. The molecule has 2 atom stereocenters. The number of ether oxygens (including phenoxy) is 1. The van der Waals surface area contributed by atoms with E-state index < -0.39 is 0 Å². The molecule has 2 rings (SSSR count). The van der Waals surface area contributed by atoms with Crippen molar-refractivity contribution in [2.45, 2.75) is 65.7 Å². The number of morpholine rings is 1. The van der Waals surface area contributed by atoms with Crippen molar-refractivity contribution in [2.75, 3.05) is 19.6 Å². The molecule has 1 aromatic heterocycles. The zero-order valence-electron chi connectivity index (χ0n) is 16.1. The van der Waals surface area contributed by atoms with E-state index in [0.29, 0.717) is 13.0 Å². The summed E-state index contributed by atoms with van der Waals surface area (Å²) < 4.78 is 7.64. The molecule has 0 saturated carbocycles. The van der Waals surface area contributed by atoms with Crippen LogP contribution in [0.3, 0.4) is 0 Å². The van der Waals surface area contributed by atoms with Crippen LogP contribution in [0.1, 0.15) is 44.6 Å². The average Bonchev–Trinajstić information content (AvgIpc) is 2.71. The first-order chi connectivity index (χ1) is 11.1. The summed E-state index contributed by atoms with van der Waals surface area (Å²) in [5.41, 5.74) is 2.92. The summed E-state index contributed by atoms with van der Waals surface area (Å²) in [6.45, 7) is 14.9. The molecule has 1 aromatic rings. The molecule has 136 valence electrons. The number of rotatable bonds is 5. The van der Waals surface area contributed by atoms with Crippen LogP contribution in [0.5, 0.6) is 0 Å². The Hall–Kier alpha value is -1.40. The molecular weight excluding hydrogens is 304 g/mol. The smallest absolute Gasteiger partial charge is 0.224 e. The maximum absolute atomic E-state index is 12.4. The highest BCUT2D eigenvalue weighted by Crippen LogP contribution is 2.21. The van der Waals surface area contributed by atoms with Crippen molar-refractivity contribution in [3.8, 4) is 0 Å². The van der Waals surface area contributed by atoms with Gasteiger partial charge in [-0.15, -0.1) is 0 Å². The molecule has 0 radical (unpaired) electrons. The van der Waals surface area contributed by atoms with E-state index >= 15 is 0 Å². The third-order valence-electron chi connectivity index (χ3n) is 4.99. The van der Waals surface area contributed by atoms with Gasteiger partial charge in [0.05, 0.1) is 24.3 Å². The Morgan fingerprint density at radius 2 is 1.88 bits per heavy atom. The Kier molecular flexibility index (Phi) is 5.71. The zero-order chi connectivity index (χ0) is 18.1.